The molecule has 1 N–H and O–H groups in total. The average Bonchev–Trinajstić information content (AvgIpc) is 3.51. The van der Waals surface area contributed by atoms with E-state index in [-0.39, 0.29) is 54.3 Å². The predicted molar refractivity (Wildman–Crippen MR) is 226 cm³/mol. The fraction of sp³-hybridized carbons (Fsp3) is 0.477. The second-order valence-corrected chi connectivity index (χ2v) is 18.8. The number of para-hydroxylation sites is 2. The number of nitrogens with one attached hydrogen (secondary N) is 1. The molecular formula is C44H58N3NaO9S2. The summed E-state index contributed by atoms with van der Waals surface area (Å²) < 4.78 is 74.4. The number of carbonyl (C=O) groups excluding carboxylic acids is 2. The van der Waals surface area contributed by atoms with Crippen molar-refractivity contribution in [2.24, 2.45) is 0 Å². The van der Waals surface area contributed by atoms with E-state index < -0.39 is 42.6 Å². The maximum atomic E-state index is 13.7. The van der Waals surface area contributed by atoms with Gasteiger partial charge in [0.1, 0.15) is 6.54 Å². The minimum Gasteiger partial charge on any atom is -0.748 e. The van der Waals surface area contributed by atoms with Crippen LogP contribution in [0.25, 0.3) is 0 Å². The van der Waals surface area contributed by atoms with Crippen molar-refractivity contribution in [2.45, 2.75) is 96.3 Å². The standard InChI is InChI=1S/C44H59N3O9S2.Na/c1-43(2)35-22-9-11-24-37(35)46(30-14-16-32-57(50,51)52)39(43)26-18-20-34(42(49)45-29-13-7-6-8-28-41(48)56-5)21-19-27-40-44(3,4)36-23-10-12-25-38(36)47(40)31-15-17-33-58(53,54)55;/h9-12,18-27H,6-8,13-17,28-33H2,1-5H3,(H2-,45,49,50,51,52,53,54,55);/q;+1/p-1. The van der Waals surface area contributed by atoms with Gasteiger partial charge in [0, 0.05) is 77.5 Å². The number of hydrogen-bond acceptors (Lipinski definition) is 10. The van der Waals surface area contributed by atoms with Gasteiger partial charge in [0.25, 0.3) is 5.91 Å². The Kier molecular flexibility index (Phi) is 19.0. The van der Waals surface area contributed by atoms with Gasteiger partial charge in [-0.25, -0.2) is 16.8 Å². The van der Waals surface area contributed by atoms with Crippen LogP contribution < -0.4 is 39.8 Å². The zero-order valence-electron chi connectivity index (χ0n) is 35.4. The fourth-order valence-corrected chi connectivity index (χ4v) is 8.82. The first-order valence-electron chi connectivity index (χ1n) is 20.0. The molecular weight excluding hydrogens is 802 g/mol. The first-order chi connectivity index (χ1) is 27.4. The molecule has 0 bridgehead atoms. The van der Waals surface area contributed by atoms with Gasteiger partial charge in [0.2, 0.25) is 5.69 Å². The minimum absolute atomic E-state index is 0. The third kappa shape index (κ3) is 14.4. The van der Waals surface area contributed by atoms with Gasteiger partial charge in [-0.15, -0.1) is 0 Å². The number of anilines is 1. The van der Waals surface area contributed by atoms with E-state index in [1.807, 2.05) is 60.7 Å². The van der Waals surface area contributed by atoms with Crippen LogP contribution in [-0.2, 0) is 45.4 Å². The summed E-state index contributed by atoms with van der Waals surface area (Å²) in [5.74, 6) is -1.32. The van der Waals surface area contributed by atoms with Gasteiger partial charge >= 0.3 is 35.5 Å². The molecule has 0 aromatic heterocycles. The summed E-state index contributed by atoms with van der Waals surface area (Å²) in [5, 5.41) is 3.04. The fourth-order valence-electron chi connectivity index (χ4n) is 7.71. The number of benzene rings is 2. The molecule has 2 aliphatic heterocycles. The van der Waals surface area contributed by atoms with E-state index in [4.69, 9.17) is 4.74 Å². The number of unbranched alkanes of at least 4 members (excludes halogenated alkanes) is 5. The zero-order valence-corrected chi connectivity index (χ0v) is 39.0. The van der Waals surface area contributed by atoms with E-state index in [2.05, 4.69) is 54.6 Å². The Hall–Kier alpha value is -3.37. The van der Waals surface area contributed by atoms with Crippen molar-refractivity contribution in [3.8, 4) is 0 Å². The number of hydrogen-bond donors (Lipinski definition) is 1. The van der Waals surface area contributed by atoms with Crippen molar-refractivity contribution in [3.05, 3.63) is 107 Å². The van der Waals surface area contributed by atoms with Crippen molar-refractivity contribution in [2.75, 3.05) is 43.1 Å². The molecule has 0 spiro atoms. The first kappa shape index (κ1) is 50.0. The van der Waals surface area contributed by atoms with E-state index in [1.165, 1.54) is 7.11 Å². The Morgan fingerprint density at radius 1 is 0.797 bits per heavy atom. The molecule has 0 saturated heterocycles. The van der Waals surface area contributed by atoms with Crippen molar-refractivity contribution in [3.63, 3.8) is 0 Å². The molecule has 0 radical (unpaired) electrons. The van der Waals surface area contributed by atoms with E-state index in [0.717, 1.165) is 59.6 Å². The van der Waals surface area contributed by atoms with Gasteiger partial charge in [-0.05, 0) is 75.8 Å². The SMILES string of the molecule is COC(=O)CCCCCCNC(=O)C(=C\C=C\C1=[N+](CCCCS(=O)(=O)[O-])c2ccccc2C1(C)C)/C=C/C=C1/N(CCCCS(=O)(=O)[O-])c2ccccc2C1(C)C.[Na+]. The maximum absolute atomic E-state index is 13.7. The number of rotatable bonds is 22. The quantitative estimate of drug-likeness (QED) is 0.0350. The maximum Gasteiger partial charge on any atom is 1.00 e. The predicted octanol–water partition coefficient (Wildman–Crippen LogP) is 3.68. The largest absolute Gasteiger partial charge is 1.00 e. The molecule has 0 fully saturated rings. The monoisotopic (exact) mass is 859 g/mol. The van der Waals surface area contributed by atoms with Crippen molar-refractivity contribution < 1.29 is 74.4 Å². The summed E-state index contributed by atoms with van der Waals surface area (Å²) in [6, 6.07) is 16.1. The third-order valence-corrected chi connectivity index (χ3v) is 12.4. The van der Waals surface area contributed by atoms with Gasteiger partial charge in [-0.3, -0.25) is 9.59 Å². The normalized spacial score (nSPS) is 16.8. The van der Waals surface area contributed by atoms with Crippen LogP contribution in [0.3, 0.4) is 0 Å². The molecule has 0 unspecified atom stereocenters. The van der Waals surface area contributed by atoms with Crippen molar-refractivity contribution >= 4 is 49.2 Å². The van der Waals surface area contributed by atoms with E-state index in [9.17, 15) is 35.5 Å². The summed E-state index contributed by atoms with van der Waals surface area (Å²) in [5.41, 5.74) is 5.82. The van der Waals surface area contributed by atoms with Gasteiger partial charge in [0.15, 0.2) is 5.71 Å². The van der Waals surface area contributed by atoms with Crippen molar-refractivity contribution in [1.29, 1.82) is 0 Å². The number of methoxy groups -OCH3 is 1. The Balaban J connectivity index is 0.00000930. The number of esters is 1. The summed E-state index contributed by atoms with van der Waals surface area (Å²) >= 11 is 0. The van der Waals surface area contributed by atoms with Gasteiger partial charge in [0.05, 0.1) is 32.8 Å². The number of allylic oxidation sites excluding steroid dienone is 6. The topological polar surface area (TPSA) is 176 Å². The van der Waals surface area contributed by atoms with E-state index >= 15 is 0 Å². The molecule has 59 heavy (non-hydrogen) atoms. The Bertz CT molecular complexity index is 2170. The molecule has 0 aliphatic carbocycles. The smallest absolute Gasteiger partial charge is 0.748 e. The molecule has 4 rings (SSSR count). The Morgan fingerprint density at radius 3 is 2.10 bits per heavy atom. The van der Waals surface area contributed by atoms with E-state index in [0.29, 0.717) is 44.5 Å². The van der Waals surface area contributed by atoms with Crippen LogP contribution in [0.2, 0.25) is 0 Å². The second kappa shape index (κ2) is 22.5. The zero-order chi connectivity index (χ0) is 42.6. The van der Waals surface area contributed by atoms with Crippen LogP contribution in [0.5, 0.6) is 0 Å². The van der Waals surface area contributed by atoms with Crippen LogP contribution in [0.15, 0.2) is 96.3 Å². The molecule has 2 heterocycles. The summed E-state index contributed by atoms with van der Waals surface area (Å²) in [4.78, 5) is 27.3. The first-order valence-corrected chi connectivity index (χ1v) is 23.1. The molecule has 1 amide bonds. The Morgan fingerprint density at radius 2 is 1.42 bits per heavy atom. The summed E-state index contributed by atoms with van der Waals surface area (Å²) in [6.07, 6.45) is 16.2. The van der Waals surface area contributed by atoms with Crippen molar-refractivity contribution in [1.82, 2.24) is 5.32 Å². The van der Waals surface area contributed by atoms with Gasteiger partial charge in [-0.2, -0.15) is 4.58 Å². The third-order valence-electron chi connectivity index (χ3n) is 10.8. The summed E-state index contributed by atoms with van der Waals surface area (Å²) in [6.45, 7) is 9.96. The molecule has 316 valence electrons. The van der Waals surface area contributed by atoms with Gasteiger partial charge < -0.3 is 24.1 Å². The molecule has 2 aromatic carbocycles. The van der Waals surface area contributed by atoms with Crippen LogP contribution in [0, 0.1) is 0 Å². The Labute approximate surface area is 373 Å². The van der Waals surface area contributed by atoms with Crippen LogP contribution >= 0.6 is 0 Å². The molecule has 0 saturated carbocycles. The minimum atomic E-state index is -4.31. The number of amides is 1. The van der Waals surface area contributed by atoms with E-state index in [1.54, 1.807) is 12.2 Å². The second-order valence-electron chi connectivity index (χ2n) is 15.8. The molecule has 0 atom stereocenters. The van der Waals surface area contributed by atoms with Gasteiger partial charge in [-0.1, -0.05) is 75.2 Å². The number of carbonyl (C=O) groups is 2. The number of fused-ring (bicyclic) bond motifs is 2. The molecule has 12 nitrogen and oxygen atoms in total. The van der Waals surface area contributed by atoms with Crippen LogP contribution in [0.1, 0.15) is 96.6 Å². The number of ether oxygens (including phenoxy) is 1. The molecule has 2 aromatic rings. The molecule has 2 aliphatic rings. The van der Waals surface area contributed by atoms with Crippen LogP contribution in [-0.4, -0.2) is 86.4 Å². The molecule has 15 heteroatoms. The summed E-state index contributed by atoms with van der Waals surface area (Å²) in [7, 11) is -7.24. The number of nitrogens with zero attached hydrogens (tertiary/aromatic N) is 2. The average molecular weight is 860 g/mol. The van der Waals surface area contributed by atoms with Crippen LogP contribution in [0.4, 0.5) is 11.4 Å².